The summed E-state index contributed by atoms with van der Waals surface area (Å²) in [5.41, 5.74) is 0.712. The van der Waals surface area contributed by atoms with Crippen LogP contribution < -0.4 is 9.64 Å². The zero-order valence-corrected chi connectivity index (χ0v) is 28.1. The van der Waals surface area contributed by atoms with Crippen LogP contribution in [0.5, 0.6) is 5.75 Å². The molecule has 8 atom stereocenters. The van der Waals surface area contributed by atoms with E-state index < -0.39 is 28.7 Å². The summed E-state index contributed by atoms with van der Waals surface area (Å²) in [4.78, 5) is 49.4. The minimum atomic E-state index is -0.778. The number of hydrogen-bond acceptors (Lipinski definition) is 6. The van der Waals surface area contributed by atoms with Gasteiger partial charge in [0, 0.05) is 30.1 Å². The molecule has 0 aliphatic carbocycles. The highest BCUT2D eigenvalue weighted by atomic mass is 32.2. The molecule has 242 valence electrons. The highest BCUT2D eigenvalue weighted by Gasteiger charge is 2.77. The average molecular weight is 626 g/mol. The van der Waals surface area contributed by atoms with Crippen molar-refractivity contribution in [2.45, 2.75) is 88.9 Å². The molecule has 0 saturated carbocycles. The molecule has 8 nitrogen and oxygen atoms in total. The molecule has 1 spiro atoms. The van der Waals surface area contributed by atoms with Gasteiger partial charge in [-0.1, -0.05) is 46.3 Å². The lowest BCUT2D eigenvalue weighted by molar-refractivity contribution is -0.147. The van der Waals surface area contributed by atoms with Crippen LogP contribution in [0.4, 0.5) is 5.69 Å². The second kappa shape index (κ2) is 14.1. The van der Waals surface area contributed by atoms with Crippen LogP contribution in [0.3, 0.4) is 0 Å². The van der Waals surface area contributed by atoms with E-state index in [9.17, 15) is 19.5 Å². The summed E-state index contributed by atoms with van der Waals surface area (Å²) in [6.07, 6.45) is 5.93. The SMILES string of the molecule is C=CCN(C(=O)[C@@H]1[C@@H]2CC(C)C3(S2)C(C(=O)N(CC=C)C(C)CCC)N([C@@H](CO)C(C)C)C(=O)[C@H]13)c1ccc(OCC)cc1. The Morgan fingerprint density at radius 1 is 1.14 bits per heavy atom. The Morgan fingerprint density at radius 2 is 1.80 bits per heavy atom. The number of thioether (sulfide) groups is 1. The van der Waals surface area contributed by atoms with Crippen molar-refractivity contribution in [3.05, 3.63) is 49.6 Å². The summed E-state index contributed by atoms with van der Waals surface area (Å²) in [6, 6.07) is 6.06. The van der Waals surface area contributed by atoms with Crippen molar-refractivity contribution in [1.82, 2.24) is 9.80 Å². The fourth-order valence-electron chi connectivity index (χ4n) is 7.88. The molecule has 9 heteroatoms. The van der Waals surface area contributed by atoms with Crippen LogP contribution in [0, 0.1) is 23.7 Å². The van der Waals surface area contributed by atoms with E-state index in [0.29, 0.717) is 25.4 Å². The maximum Gasteiger partial charge on any atom is 0.247 e. The van der Waals surface area contributed by atoms with Gasteiger partial charge in [-0.15, -0.1) is 24.9 Å². The number of hydrogen-bond donors (Lipinski definition) is 1. The standard InChI is InChI=1S/C35H51N3O5S/c1-9-13-24(8)36(18-10-2)34(42)31-35-23(7)20-28(44-35)29(30(35)33(41)38(31)27(21-39)22(5)6)32(40)37(19-11-3)25-14-16-26(17-15-25)43-12-4/h10-11,14-17,22-24,27-31,39H,2-3,9,12-13,18-21H2,1,4-8H3/t23?,24?,27-,28-,29+,30-,31?,35?/m0/s1. The number of carbonyl (C=O) groups excluding carboxylic acids is 3. The van der Waals surface area contributed by atoms with Crippen LogP contribution >= 0.6 is 11.8 Å². The number of carbonyl (C=O) groups is 3. The Labute approximate surface area is 267 Å². The van der Waals surface area contributed by atoms with E-state index >= 15 is 0 Å². The first-order valence-corrected chi connectivity index (χ1v) is 17.1. The number of ether oxygens (including phenoxy) is 1. The lowest BCUT2D eigenvalue weighted by atomic mass is 9.65. The van der Waals surface area contributed by atoms with E-state index in [1.807, 2.05) is 56.9 Å². The molecule has 3 aliphatic heterocycles. The number of likely N-dealkylation sites (tertiary alicyclic amines) is 1. The molecule has 3 saturated heterocycles. The van der Waals surface area contributed by atoms with Crippen molar-refractivity contribution >= 4 is 35.2 Å². The average Bonchev–Trinajstić information content (AvgIpc) is 3.59. The molecule has 1 aromatic carbocycles. The summed E-state index contributed by atoms with van der Waals surface area (Å²) in [7, 11) is 0. The third-order valence-electron chi connectivity index (χ3n) is 9.90. The van der Waals surface area contributed by atoms with Gasteiger partial charge < -0.3 is 24.5 Å². The Morgan fingerprint density at radius 3 is 2.34 bits per heavy atom. The van der Waals surface area contributed by atoms with Gasteiger partial charge in [-0.2, -0.15) is 0 Å². The molecule has 44 heavy (non-hydrogen) atoms. The molecule has 3 fully saturated rings. The molecule has 1 N–H and O–H groups in total. The van der Waals surface area contributed by atoms with Gasteiger partial charge in [-0.25, -0.2) is 0 Å². The van der Waals surface area contributed by atoms with Crippen LogP contribution in [0.1, 0.15) is 60.8 Å². The number of rotatable bonds is 15. The Hall–Kier alpha value is -2.78. The predicted molar refractivity (Wildman–Crippen MR) is 178 cm³/mol. The van der Waals surface area contributed by atoms with Crippen molar-refractivity contribution in [3.63, 3.8) is 0 Å². The van der Waals surface area contributed by atoms with Gasteiger partial charge in [0.15, 0.2) is 0 Å². The number of nitrogens with zero attached hydrogens (tertiary/aromatic N) is 3. The Kier molecular flexibility index (Phi) is 10.9. The lowest BCUT2D eigenvalue weighted by Crippen LogP contribution is -2.61. The fourth-order valence-corrected chi connectivity index (χ4v) is 10.3. The normalized spacial score (nSPS) is 28.5. The minimum Gasteiger partial charge on any atom is -0.494 e. The highest BCUT2D eigenvalue weighted by molar-refractivity contribution is 8.02. The van der Waals surface area contributed by atoms with Crippen LogP contribution in [0.2, 0.25) is 0 Å². The molecule has 2 bridgehead atoms. The zero-order chi connectivity index (χ0) is 32.3. The molecule has 0 radical (unpaired) electrons. The van der Waals surface area contributed by atoms with E-state index in [4.69, 9.17) is 4.74 Å². The summed E-state index contributed by atoms with van der Waals surface area (Å²) in [5.74, 6) is -1.01. The second-order valence-electron chi connectivity index (χ2n) is 12.9. The molecular weight excluding hydrogens is 574 g/mol. The van der Waals surface area contributed by atoms with Gasteiger partial charge in [0.2, 0.25) is 17.7 Å². The molecule has 3 amide bonds. The number of fused-ring (bicyclic) bond motifs is 1. The maximum absolute atomic E-state index is 14.8. The maximum atomic E-state index is 14.8. The molecule has 3 aliphatic rings. The Balaban J connectivity index is 1.82. The summed E-state index contributed by atoms with van der Waals surface area (Å²) < 4.78 is 4.84. The third kappa shape index (κ3) is 5.70. The first-order chi connectivity index (χ1) is 21.0. The van der Waals surface area contributed by atoms with Crippen molar-refractivity contribution in [3.8, 4) is 5.75 Å². The number of aliphatic hydroxyl groups is 1. The van der Waals surface area contributed by atoms with E-state index in [2.05, 4.69) is 27.0 Å². The second-order valence-corrected chi connectivity index (χ2v) is 14.4. The summed E-state index contributed by atoms with van der Waals surface area (Å²) in [6.45, 7) is 20.9. The fraction of sp³-hybridized carbons (Fsp3) is 0.629. The molecule has 4 unspecified atom stereocenters. The lowest BCUT2D eigenvalue weighted by Gasteiger charge is -2.44. The van der Waals surface area contributed by atoms with Gasteiger partial charge in [-0.3, -0.25) is 14.4 Å². The quantitative estimate of drug-likeness (QED) is 0.271. The van der Waals surface area contributed by atoms with Crippen LogP contribution in [-0.2, 0) is 14.4 Å². The number of benzene rings is 1. The monoisotopic (exact) mass is 625 g/mol. The number of amides is 3. The number of aliphatic hydroxyl groups excluding tert-OH is 1. The van der Waals surface area contributed by atoms with Crippen LogP contribution in [-0.4, -0.2) is 87.1 Å². The van der Waals surface area contributed by atoms with E-state index in [1.54, 1.807) is 33.7 Å². The van der Waals surface area contributed by atoms with Crippen molar-refractivity contribution in [2.75, 3.05) is 31.2 Å². The zero-order valence-electron chi connectivity index (χ0n) is 27.3. The van der Waals surface area contributed by atoms with Crippen LogP contribution in [0.15, 0.2) is 49.6 Å². The van der Waals surface area contributed by atoms with E-state index in [0.717, 1.165) is 25.0 Å². The summed E-state index contributed by atoms with van der Waals surface area (Å²) in [5, 5.41) is 10.5. The Bertz CT molecular complexity index is 1220. The highest BCUT2D eigenvalue weighted by Crippen LogP contribution is 2.69. The molecule has 0 aromatic heterocycles. The van der Waals surface area contributed by atoms with Crippen molar-refractivity contribution in [1.29, 1.82) is 0 Å². The largest absolute Gasteiger partial charge is 0.494 e. The minimum absolute atomic E-state index is 0.0337. The smallest absolute Gasteiger partial charge is 0.247 e. The van der Waals surface area contributed by atoms with Crippen LogP contribution in [0.25, 0.3) is 0 Å². The number of anilines is 1. The molecule has 1 aromatic rings. The van der Waals surface area contributed by atoms with Gasteiger partial charge in [0.25, 0.3) is 0 Å². The topological polar surface area (TPSA) is 90.4 Å². The predicted octanol–water partition coefficient (Wildman–Crippen LogP) is 5.16. The molecular formula is C35H51N3O5S. The van der Waals surface area contributed by atoms with E-state index in [-0.39, 0.29) is 47.5 Å². The summed E-state index contributed by atoms with van der Waals surface area (Å²) >= 11 is 1.67. The van der Waals surface area contributed by atoms with E-state index in [1.165, 1.54) is 0 Å². The van der Waals surface area contributed by atoms with Crippen molar-refractivity contribution in [2.24, 2.45) is 23.7 Å². The third-order valence-corrected chi connectivity index (χ3v) is 12.0. The first-order valence-electron chi connectivity index (χ1n) is 16.2. The molecule has 3 heterocycles. The van der Waals surface area contributed by atoms with Gasteiger partial charge >= 0.3 is 0 Å². The van der Waals surface area contributed by atoms with Gasteiger partial charge in [-0.05, 0) is 62.8 Å². The first kappa shape index (κ1) is 34.1. The van der Waals surface area contributed by atoms with Gasteiger partial charge in [0.05, 0.1) is 35.8 Å². The van der Waals surface area contributed by atoms with Crippen molar-refractivity contribution < 1.29 is 24.2 Å². The van der Waals surface area contributed by atoms with Gasteiger partial charge in [0.1, 0.15) is 11.8 Å². The molecule has 4 rings (SSSR count).